The number of hydrogen-bond acceptors (Lipinski definition) is 4. The Morgan fingerprint density at radius 3 is 2.35 bits per heavy atom. The Morgan fingerprint density at radius 2 is 1.83 bits per heavy atom. The van der Waals surface area contributed by atoms with Crippen molar-refractivity contribution in [3.05, 3.63) is 29.8 Å². The van der Waals surface area contributed by atoms with Crippen molar-refractivity contribution in [2.24, 2.45) is 5.92 Å². The fraction of sp³-hybridized carbons (Fsp3) is 0.500. The Labute approximate surface area is 133 Å². The van der Waals surface area contributed by atoms with Gasteiger partial charge in [-0.2, -0.15) is 0 Å². The van der Waals surface area contributed by atoms with Crippen LogP contribution < -0.4 is 5.32 Å². The van der Waals surface area contributed by atoms with Gasteiger partial charge in [0.05, 0.1) is 19.1 Å². The van der Waals surface area contributed by atoms with Gasteiger partial charge in [-0.05, 0) is 45.0 Å². The maximum absolute atomic E-state index is 13.6. The highest BCUT2D eigenvalue weighted by Crippen LogP contribution is 2.22. The monoisotopic (exact) mass is 326 g/mol. The van der Waals surface area contributed by atoms with Gasteiger partial charge in [0, 0.05) is 0 Å². The number of carbonyl (C=O) groups is 2. The second-order valence-electron chi connectivity index (χ2n) is 5.60. The van der Waals surface area contributed by atoms with E-state index in [1.165, 1.54) is 13.2 Å². The van der Waals surface area contributed by atoms with Crippen LogP contribution in [0.15, 0.2) is 18.2 Å². The van der Waals surface area contributed by atoms with Crippen molar-refractivity contribution in [1.29, 1.82) is 0 Å². The molecule has 126 valence electrons. The molecule has 0 saturated carbocycles. The minimum absolute atomic E-state index is 0.157. The maximum atomic E-state index is 13.6. The Kier molecular flexibility index (Phi) is 5.65. The summed E-state index contributed by atoms with van der Waals surface area (Å²) < 4.78 is 31.9. The van der Waals surface area contributed by atoms with Gasteiger partial charge >= 0.3 is 5.97 Å². The van der Waals surface area contributed by atoms with E-state index in [-0.39, 0.29) is 11.9 Å². The van der Waals surface area contributed by atoms with Crippen LogP contribution >= 0.6 is 0 Å². The number of rotatable bonds is 4. The lowest BCUT2D eigenvalue weighted by Gasteiger charge is -2.34. The summed E-state index contributed by atoms with van der Waals surface area (Å²) >= 11 is 0. The van der Waals surface area contributed by atoms with E-state index >= 15 is 0 Å². The van der Waals surface area contributed by atoms with E-state index in [0.29, 0.717) is 25.9 Å². The molecule has 1 fully saturated rings. The van der Waals surface area contributed by atoms with Gasteiger partial charge in [0.2, 0.25) is 5.91 Å². The number of amides is 1. The van der Waals surface area contributed by atoms with Crippen LogP contribution in [0.25, 0.3) is 0 Å². The Balaban J connectivity index is 1.95. The van der Waals surface area contributed by atoms with Crippen molar-refractivity contribution in [1.82, 2.24) is 4.90 Å². The Hall–Kier alpha value is -2.02. The molecule has 2 rings (SSSR count). The molecule has 1 amide bonds. The number of para-hydroxylation sites is 1. The van der Waals surface area contributed by atoms with Crippen LogP contribution in [0.2, 0.25) is 0 Å². The average molecular weight is 326 g/mol. The summed E-state index contributed by atoms with van der Waals surface area (Å²) in [5, 5.41) is 2.30. The van der Waals surface area contributed by atoms with Crippen LogP contribution in [0.3, 0.4) is 0 Å². The number of benzene rings is 1. The molecule has 7 heteroatoms. The maximum Gasteiger partial charge on any atom is 0.308 e. The number of carbonyl (C=O) groups excluding carboxylic acids is 2. The number of ether oxygens (including phenoxy) is 1. The van der Waals surface area contributed by atoms with Crippen LogP contribution in [0.1, 0.15) is 19.8 Å². The third kappa shape index (κ3) is 4.04. The molecule has 0 radical (unpaired) electrons. The van der Waals surface area contributed by atoms with E-state index in [2.05, 4.69) is 5.32 Å². The van der Waals surface area contributed by atoms with E-state index < -0.39 is 29.3 Å². The molecular formula is C16H20F2N2O3. The van der Waals surface area contributed by atoms with Gasteiger partial charge in [0.15, 0.2) is 0 Å². The van der Waals surface area contributed by atoms with E-state index in [4.69, 9.17) is 4.74 Å². The highest BCUT2D eigenvalue weighted by atomic mass is 19.1. The van der Waals surface area contributed by atoms with Crippen LogP contribution in [-0.2, 0) is 14.3 Å². The largest absolute Gasteiger partial charge is 0.469 e. The molecule has 1 N–H and O–H groups in total. The molecule has 1 heterocycles. The molecule has 1 saturated heterocycles. The molecule has 1 aliphatic rings. The van der Waals surface area contributed by atoms with Gasteiger partial charge in [-0.3, -0.25) is 14.5 Å². The number of piperidine rings is 1. The zero-order valence-electron chi connectivity index (χ0n) is 13.1. The third-order valence-electron chi connectivity index (χ3n) is 4.20. The van der Waals surface area contributed by atoms with E-state index in [1.54, 1.807) is 6.92 Å². The van der Waals surface area contributed by atoms with E-state index in [0.717, 1.165) is 12.1 Å². The van der Waals surface area contributed by atoms with Gasteiger partial charge in [-0.25, -0.2) is 8.78 Å². The van der Waals surface area contributed by atoms with Gasteiger partial charge < -0.3 is 10.1 Å². The quantitative estimate of drug-likeness (QED) is 0.862. The molecule has 0 aromatic heterocycles. The number of methoxy groups -OCH3 is 1. The number of esters is 1. The SMILES string of the molecule is COC(=O)C1CCN([C@H](C)C(=O)Nc2c(F)cccc2F)CC1. The number of nitrogens with one attached hydrogen (secondary N) is 1. The van der Waals surface area contributed by atoms with E-state index in [1.807, 2.05) is 4.90 Å². The van der Waals surface area contributed by atoms with Gasteiger partial charge in [-0.1, -0.05) is 6.07 Å². The number of likely N-dealkylation sites (tertiary alicyclic amines) is 1. The van der Waals surface area contributed by atoms with Crippen LogP contribution in [0.4, 0.5) is 14.5 Å². The van der Waals surface area contributed by atoms with Crippen molar-refractivity contribution >= 4 is 17.6 Å². The summed E-state index contributed by atoms with van der Waals surface area (Å²) in [5.74, 6) is -2.50. The van der Waals surface area contributed by atoms with Crippen molar-refractivity contribution in [3.63, 3.8) is 0 Å². The molecule has 1 aliphatic heterocycles. The fourth-order valence-corrected chi connectivity index (χ4v) is 2.70. The first-order valence-corrected chi connectivity index (χ1v) is 7.50. The van der Waals surface area contributed by atoms with Crippen molar-refractivity contribution in [2.75, 3.05) is 25.5 Å². The molecule has 0 spiro atoms. The topological polar surface area (TPSA) is 58.6 Å². The fourth-order valence-electron chi connectivity index (χ4n) is 2.70. The summed E-state index contributed by atoms with van der Waals surface area (Å²) in [6.07, 6.45) is 1.19. The number of hydrogen-bond donors (Lipinski definition) is 1. The molecule has 1 aromatic carbocycles. The average Bonchev–Trinajstić information content (AvgIpc) is 2.57. The predicted octanol–water partition coefficient (Wildman–Crippen LogP) is 2.18. The van der Waals surface area contributed by atoms with Crippen LogP contribution in [-0.4, -0.2) is 43.0 Å². The molecular weight excluding hydrogens is 306 g/mol. The smallest absolute Gasteiger partial charge is 0.308 e. The van der Waals surface area contributed by atoms with Crippen molar-refractivity contribution < 1.29 is 23.1 Å². The summed E-state index contributed by atoms with van der Waals surface area (Å²) in [4.78, 5) is 25.6. The standard InChI is InChI=1S/C16H20F2N2O3/c1-10(20-8-6-11(7-9-20)16(22)23-2)15(21)19-14-12(17)4-3-5-13(14)18/h3-5,10-11H,6-9H2,1-2H3,(H,19,21)/t10-/m1/s1. The van der Waals surface area contributed by atoms with Crippen LogP contribution in [0, 0.1) is 17.6 Å². The van der Waals surface area contributed by atoms with E-state index in [9.17, 15) is 18.4 Å². The van der Waals surface area contributed by atoms with Gasteiger partial charge in [0.1, 0.15) is 17.3 Å². The molecule has 0 aliphatic carbocycles. The Morgan fingerprint density at radius 1 is 1.26 bits per heavy atom. The third-order valence-corrected chi connectivity index (χ3v) is 4.20. The second-order valence-corrected chi connectivity index (χ2v) is 5.60. The lowest BCUT2D eigenvalue weighted by molar-refractivity contribution is -0.147. The van der Waals surface area contributed by atoms with Crippen molar-refractivity contribution in [2.45, 2.75) is 25.8 Å². The first-order chi connectivity index (χ1) is 10.9. The molecule has 0 bridgehead atoms. The first kappa shape index (κ1) is 17.3. The number of halogens is 2. The van der Waals surface area contributed by atoms with Gasteiger partial charge in [-0.15, -0.1) is 0 Å². The highest BCUT2D eigenvalue weighted by Gasteiger charge is 2.30. The highest BCUT2D eigenvalue weighted by molar-refractivity contribution is 5.94. The lowest BCUT2D eigenvalue weighted by atomic mass is 9.96. The second kappa shape index (κ2) is 7.50. The normalized spacial score (nSPS) is 17.6. The summed E-state index contributed by atoms with van der Waals surface area (Å²) in [6, 6.07) is 2.87. The minimum Gasteiger partial charge on any atom is -0.469 e. The number of nitrogens with zero attached hydrogens (tertiary/aromatic N) is 1. The zero-order chi connectivity index (χ0) is 17.0. The van der Waals surface area contributed by atoms with Gasteiger partial charge in [0.25, 0.3) is 0 Å². The molecule has 1 aromatic rings. The summed E-state index contributed by atoms with van der Waals surface area (Å²) in [5.41, 5.74) is -0.436. The number of anilines is 1. The zero-order valence-corrected chi connectivity index (χ0v) is 13.1. The van der Waals surface area contributed by atoms with Crippen LogP contribution in [0.5, 0.6) is 0 Å². The summed E-state index contributed by atoms with van der Waals surface area (Å²) in [7, 11) is 1.35. The molecule has 23 heavy (non-hydrogen) atoms. The molecule has 0 unspecified atom stereocenters. The lowest BCUT2D eigenvalue weighted by Crippen LogP contribution is -2.47. The summed E-state index contributed by atoms with van der Waals surface area (Å²) in [6.45, 7) is 2.77. The predicted molar refractivity (Wildman–Crippen MR) is 80.8 cm³/mol. The first-order valence-electron chi connectivity index (χ1n) is 7.50. The Bertz CT molecular complexity index is 566. The minimum atomic E-state index is -0.810. The van der Waals surface area contributed by atoms with Crippen molar-refractivity contribution in [3.8, 4) is 0 Å². The molecule has 1 atom stereocenters. The molecule has 5 nitrogen and oxygen atoms in total.